The minimum Gasteiger partial charge on any atom is -0.330 e. The van der Waals surface area contributed by atoms with Gasteiger partial charge in [0.25, 0.3) is 5.56 Å². The standard InChI is InChI=1S/C10H11N7OS/c11-2-1-7-4-16(15-14-7)5-8-3-9(18)17-10(13-8)19-6-12-17/h3-4,6H,1-2,5,11H2. The van der Waals surface area contributed by atoms with Crippen molar-refractivity contribution in [3.05, 3.63) is 39.5 Å². The highest BCUT2D eigenvalue weighted by Gasteiger charge is 2.06. The van der Waals surface area contributed by atoms with Crippen molar-refractivity contribution in [1.82, 2.24) is 29.6 Å². The van der Waals surface area contributed by atoms with Gasteiger partial charge in [0.05, 0.1) is 17.9 Å². The predicted molar refractivity (Wildman–Crippen MR) is 69.0 cm³/mol. The lowest BCUT2D eigenvalue weighted by Crippen LogP contribution is -2.16. The van der Waals surface area contributed by atoms with Crippen LogP contribution >= 0.6 is 11.3 Å². The summed E-state index contributed by atoms with van der Waals surface area (Å²) >= 11 is 1.32. The van der Waals surface area contributed by atoms with Gasteiger partial charge in [-0.1, -0.05) is 16.6 Å². The van der Waals surface area contributed by atoms with Crippen molar-refractivity contribution in [3.63, 3.8) is 0 Å². The fraction of sp³-hybridized carbons (Fsp3) is 0.300. The maximum atomic E-state index is 11.8. The normalized spacial score (nSPS) is 11.2. The van der Waals surface area contributed by atoms with E-state index in [1.54, 1.807) is 10.2 Å². The van der Waals surface area contributed by atoms with Gasteiger partial charge in [0, 0.05) is 18.7 Å². The first-order valence-electron chi connectivity index (χ1n) is 5.68. The van der Waals surface area contributed by atoms with Crippen LogP contribution in [0.3, 0.4) is 0 Å². The third kappa shape index (κ3) is 2.37. The molecule has 0 radical (unpaired) electrons. The summed E-state index contributed by atoms with van der Waals surface area (Å²) in [4.78, 5) is 16.7. The van der Waals surface area contributed by atoms with E-state index in [2.05, 4.69) is 20.4 Å². The Morgan fingerprint density at radius 1 is 1.37 bits per heavy atom. The number of hydrogen-bond donors (Lipinski definition) is 1. The smallest absolute Gasteiger partial charge is 0.275 e. The minimum atomic E-state index is -0.191. The minimum absolute atomic E-state index is 0.191. The topological polar surface area (TPSA) is 104 Å². The van der Waals surface area contributed by atoms with Crippen molar-refractivity contribution < 1.29 is 0 Å². The first-order valence-corrected chi connectivity index (χ1v) is 6.56. The fourth-order valence-electron chi connectivity index (χ4n) is 1.73. The van der Waals surface area contributed by atoms with Crippen molar-refractivity contribution in [2.24, 2.45) is 5.73 Å². The van der Waals surface area contributed by atoms with E-state index in [0.29, 0.717) is 30.2 Å². The molecule has 8 nitrogen and oxygen atoms in total. The summed E-state index contributed by atoms with van der Waals surface area (Å²) in [5, 5.41) is 11.9. The molecule has 0 spiro atoms. The molecule has 0 fully saturated rings. The van der Waals surface area contributed by atoms with E-state index in [0.717, 1.165) is 5.69 Å². The van der Waals surface area contributed by atoms with Gasteiger partial charge in [0.2, 0.25) is 4.96 Å². The van der Waals surface area contributed by atoms with Crippen LogP contribution in [0.2, 0.25) is 0 Å². The Morgan fingerprint density at radius 3 is 3.11 bits per heavy atom. The summed E-state index contributed by atoms with van der Waals surface area (Å²) in [7, 11) is 0. The molecule has 3 aromatic heterocycles. The molecular formula is C10H11N7OS. The fourth-order valence-corrected chi connectivity index (χ4v) is 2.37. The summed E-state index contributed by atoms with van der Waals surface area (Å²) in [6.45, 7) is 0.937. The lowest BCUT2D eigenvalue weighted by Gasteiger charge is -1.99. The molecular weight excluding hydrogens is 266 g/mol. The van der Waals surface area contributed by atoms with Crippen molar-refractivity contribution in [1.29, 1.82) is 0 Å². The lowest BCUT2D eigenvalue weighted by atomic mass is 10.3. The largest absolute Gasteiger partial charge is 0.330 e. The summed E-state index contributed by atoms with van der Waals surface area (Å²) in [6, 6.07) is 1.46. The number of nitrogens with zero attached hydrogens (tertiary/aromatic N) is 6. The van der Waals surface area contributed by atoms with E-state index in [-0.39, 0.29) is 5.56 Å². The first kappa shape index (κ1) is 11.9. The van der Waals surface area contributed by atoms with Crippen LogP contribution in [0, 0.1) is 0 Å². The molecule has 0 bridgehead atoms. The Morgan fingerprint density at radius 2 is 2.26 bits per heavy atom. The Labute approximate surface area is 111 Å². The number of aromatic nitrogens is 6. The summed E-state index contributed by atoms with van der Waals surface area (Å²) in [5.74, 6) is 0. The van der Waals surface area contributed by atoms with Crippen LogP contribution < -0.4 is 11.3 Å². The van der Waals surface area contributed by atoms with E-state index in [9.17, 15) is 4.79 Å². The predicted octanol–water partition coefficient (Wildman–Crippen LogP) is -0.708. The van der Waals surface area contributed by atoms with Crippen LogP contribution in [0.15, 0.2) is 22.6 Å². The van der Waals surface area contributed by atoms with Gasteiger partial charge in [-0.05, 0) is 6.54 Å². The number of rotatable bonds is 4. The molecule has 0 aromatic carbocycles. The Balaban J connectivity index is 1.89. The molecule has 19 heavy (non-hydrogen) atoms. The third-order valence-corrected chi connectivity index (χ3v) is 3.23. The molecule has 0 unspecified atom stereocenters. The van der Waals surface area contributed by atoms with Crippen molar-refractivity contribution in [2.75, 3.05) is 6.54 Å². The molecule has 0 aliphatic carbocycles. The van der Waals surface area contributed by atoms with Crippen LogP contribution in [-0.4, -0.2) is 36.1 Å². The monoisotopic (exact) mass is 277 g/mol. The van der Waals surface area contributed by atoms with Crippen LogP contribution in [0.4, 0.5) is 0 Å². The molecule has 0 atom stereocenters. The first-order chi connectivity index (χ1) is 9.26. The Kier molecular flexibility index (Phi) is 3.05. The summed E-state index contributed by atoms with van der Waals surface area (Å²) in [5.41, 5.74) is 8.32. The van der Waals surface area contributed by atoms with Gasteiger partial charge in [0.15, 0.2) is 0 Å². The van der Waals surface area contributed by atoms with Gasteiger partial charge in [0.1, 0.15) is 5.51 Å². The van der Waals surface area contributed by atoms with E-state index < -0.39 is 0 Å². The Bertz CT molecular complexity index is 758. The molecule has 0 saturated carbocycles. The van der Waals surface area contributed by atoms with Crippen LogP contribution in [-0.2, 0) is 13.0 Å². The third-order valence-electron chi connectivity index (χ3n) is 2.55. The second-order valence-corrected chi connectivity index (χ2v) is 4.78. The number of fused-ring (bicyclic) bond motifs is 1. The van der Waals surface area contributed by atoms with Gasteiger partial charge in [-0.2, -0.15) is 9.61 Å². The highest BCUT2D eigenvalue weighted by Crippen LogP contribution is 2.05. The van der Waals surface area contributed by atoms with Crippen LogP contribution in [0.25, 0.3) is 4.96 Å². The molecule has 2 N–H and O–H groups in total. The van der Waals surface area contributed by atoms with Crippen LogP contribution in [0.1, 0.15) is 11.4 Å². The molecule has 0 aliphatic rings. The molecule has 0 aliphatic heterocycles. The molecule has 0 saturated heterocycles. The van der Waals surface area contributed by atoms with Crippen molar-refractivity contribution >= 4 is 16.3 Å². The molecule has 9 heteroatoms. The van der Waals surface area contributed by atoms with E-state index in [4.69, 9.17) is 5.73 Å². The van der Waals surface area contributed by atoms with Crippen molar-refractivity contribution in [3.8, 4) is 0 Å². The highest BCUT2D eigenvalue weighted by atomic mass is 32.1. The van der Waals surface area contributed by atoms with Gasteiger partial charge in [-0.25, -0.2) is 9.67 Å². The molecule has 3 rings (SSSR count). The van der Waals surface area contributed by atoms with Crippen LogP contribution in [0.5, 0.6) is 0 Å². The second-order valence-electron chi connectivity index (χ2n) is 3.96. The number of hydrogen-bond acceptors (Lipinski definition) is 7. The average Bonchev–Trinajstić information content (AvgIpc) is 2.99. The summed E-state index contributed by atoms with van der Waals surface area (Å²) in [6.07, 6.45) is 2.49. The zero-order valence-corrected chi connectivity index (χ0v) is 10.7. The molecule has 0 amide bonds. The molecule has 3 aromatic rings. The van der Waals surface area contributed by atoms with E-state index in [1.165, 1.54) is 21.9 Å². The zero-order chi connectivity index (χ0) is 13.2. The quantitative estimate of drug-likeness (QED) is 0.675. The summed E-state index contributed by atoms with van der Waals surface area (Å²) < 4.78 is 2.92. The van der Waals surface area contributed by atoms with Gasteiger partial charge >= 0.3 is 0 Å². The SMILES string of the molecule is NCCc1cn(Cc2cc(=O)n3ncsc3n2)nn1. The Hall–Kier alpha value is -2.13. The zero-order valence-electron chi connectivity index (χ0n) is 9.93. The van der Waals surface area contributed by atoms with E-state index in [1.807, 2.05) is 6.20 Å². The molecule has 98 valence electrons. The highest BCUT2D eigenvalue weighted by molar-refractivity contribution is 7.14. The van der Waals surface area contributed by atoms with E-state index >= 15 is 0 Å². The second kappa shape index (κ2) is 4.86. The van der Waals surface area contributed by atoms with Crippen molar-refractivity contribution in [2.45, 2.75) is 13.0 Å². The van der Waals surface area contributed by atoms with Gasteiger partial charge in [-0.15, -0.1) is 5.10 Å². The lowest BCUT2D eigenvalue weighted by molar-refractivity contribution is 0.636. The van der Waals surface area contributed by atoms with Gasteiger partial charge in [-0.3, -0.25) is 4.79 Å². The average molecular weight is 277 g/mol. The maximum Gasteiger partial charge on any atom is 0.275 e. The number of nitrogens with two attached hydrogens (primary N) is 1. The molecule has 3 heterocycles. The maximum absolute atomic E-state index is 11.8. The van der Waals surface area contributed by atoms with Gasteiger partial charge < -0.3 is 5.73 Å².